The van der Waals surface area contributed by atoms with Gasteiger partial charge < -0.3 is 11.1 Å². The topological polar surface area (TPSA) is 72.2 Å². The Balaban J connectivity index is 1.96. The van der Waals surface area contributed by atoms with Crippen molar-refractivity contribution in [1.29, 1.82) is 0 Å². The van der Waals surface area contributed by atoms with Gasteiger partial charge in [-0.1, -0.05) is 42.2 Å². The Hall–Kier alpha value is -2.71. The van der Waals surface area contributed by atoms with E-state index in [1.54, 1.807) is 18.2 Å². The molecule has 2 amide bonds. The molecule has 0 bridgehead atoms. The quantitative estimate of drug-likeness (QED) is 0.653. The summed E-state index contributed by atoms with van der Waals surface area (Å²) in [6.07, 6.45) is 0. The summed E-state index contributed by atoms with van der Waals surface area (Å²) in [5, 5.41) is 2.76. The summed E-state index contributed by atoms with van der Waals surface area (Å²) in [6, 6.07) is 16.7. The number of nitrogens with two attached hydrogens (primary N) is 1. The Morgan fingerprint density at radius 2 is 1.74 bits per heavy atom. The number of hydrogen-bond donors (Lipinski definition) is 2. The van der Waals surface area contributed by atoms with Crippen molar-refractivity contribution in [3.8, 4) is 11.8 Å². The molecule has 0 atom stereocenters. The van der Waals surface area contributed by atoms with Crippen LogP contribution in [0.15, 0.2) is 59.5 Å². The van der Waals surface area contributed by atoms with E-state index < -0.39 is 5.91 Å². The predicted molar refractivity (Wildman–Crippen MR) is 92.0 cm³/mol. The maximum Gasteiger partial charge on any atom is 0.253 e. The second kappa shape index (κ2) is 8.66. The van der Waals surface area contributed by atoms with Gasteiger partial charge >= 0.3 is 0 Å². The molecule has 2 aromatic carbocycles. The van der Waals surface area contributed by atoms with Gasteiger partial charge in [-0.2, -0.15) is 0 Å². The van der Waals surface area contributed by atoms with Crippen molar-refractivity contribution in [2.75, 3.05) is 12.3 Å². The molecule has 3 N–H and O–H groups in total. The molecule has 0 spiro atoms. The Kier molecular flexibility index (Phi) is 6.28. The number of rotatable bonds is 5. The van der Waals surface area contributed by atoms with E-state index in [4.69, 9.17) is 5.73 Å². The Labute approximate surface area is 139 Å². The minimum absolute atomic E-state index is 0.137. The lowest BCUT2D eigenvalue weighted by Crippen LogP contribution is -2.24. The fraction of sp³-hybridized carbons (Fsp3) is 0.111. The van der Waals surface area contributed by atoms with E-state index in [2.05, 4.69) is 17.2 Å². The number of benzene rings is 2. The average molecular weight is 324 g/mol. The molecule has 0 saturated carbocycles. The van der Waals surface area contributed by atoms with Gasteiger partial charge in [0, 0.05) is 10.5 Å². The lowest BCUT2D eigenvalue weighted by molar-refractivity contribution is -0.115. The molecular weight excluding hydrogens is 308 g/mol. The number of carbonyl (C=O) groups is 2. The monoisotopic (exact) mass is 324 g/mol. The van der Waals surface area contributed by atoms with Crippen LogP contribution in [-0.2, 0) is 4.79 Å². The van der Waals surface area contributed by atoms with Crippen molar-refractivity contribution in [3.63, 3.8) is 0 Å². The van der Waals surface area contributed by atoms with Crippen LogP contribution in [0.2, 0.25) is 0 Å². The van der Waals surface area contributed by atoms with Crippen molar-refractivity contribution in [3.05, 3.63) is 65.7 Å². The van der Waals surface area contributed by atoms with Gasteiger partial charge in [-0.15, -0.1) is 11.8 Å². The van der Waals surface area contributed by atoms with Gasteiger partial charge in [0.1, 0.15) is 0 Å². The van der Waals surface area contributed by atoms with Gasteiger partial charge in [-0.05, 0) is 24.3 Å². The Morgan fingerprint density at radius 1 is 1.04 bits per heavy atom. The third kappa shape index (κ3) is 5.53. The van der Waals surface area contributed by atoms with Crippen molar-refractivity contribution in [1.82, 2.24) is 5.32 Å². The van der Waals surface area contributed by atoms with Crippen LogP contribution in [-0.4, -0.2) is 24.1 Å². The van der Waals surface area contributed by atoms with E-state index in [-0.39, 0.29) is 18.2 Å². The van der Waals surface area contributed by atoms with E-state index in [0.29, 0.717) is 5.56 Å². The Morgan fingerprint density at radius 3 is 2.48 bits per heavy atom. The second-order valence-electron chi connectivity index (χ2n) is 4.60. The van der Waals surface area contributed by atoms with Gasteiger partial charge in [0.15, 0.2) is 0 Å². The van der Waals surface area contributed by atoms with Gasteiger partial charge in [-0.3, -0.25) is 9.59 Å². The van der Waals surface area contributed by atoms with Crippen LogP contribution in [0.3, 0.4) is 0 Å². The molecule has 116 valence electrons. The highest BCUT2D eigenvalue weighted by molar-refractivity contribution is 8.00. The first-order valence-electron chi connectivity index (χ1n) is 6.99. The number of nitrogens with one attached hydrogen (secondary N) is 1. The number of hydrogen-bond acceptors (Lipinski definition) is 3. The van der Waals surface area contributed by atoms with Crippen LogP contribution < -0.4 is 11.1 Å². The zero-order valence-corrected chi connectivity index (χ0v) is 13.2. The minimum Gasteiger partial charge on any atom is -0.369 e. The Bertz CT molecular complexity index is 748. The van der Waals surface area contributed by atoms with Crippen LogP contribution in [0.1, 0.15) is 15.9 Å². The first-order valence-corrected chi connectivity index (χ1v) is 7.97. The summed E-state index contributed by atoms with van der Waals surface area (Å²) in [6.45, 7) is 0.253. The zero-order chi connectivity index (χ0) is 16.5. The largest absolute Gasteiger partial charge is 0.369 e. The highest BCUT2D eigenvalue weighted by Crippen LogP contribution is 2.22. The van der Waals surface area contributed by atoms with Crippen molar-refractivity contribution in [2.24, 2.45) is 5.73 Å². The van der Waals surface area contributed by atoms with E-state index in [1.165, 1.54) is 11.8 Å². The van der Waals surface area contributed by atoms with E-state index in [1.807, 2.05) is 36.4 Å². The van der Waals surface area contributed by atoms with E-state index in [0.717, 1.165) is 10.5 Å². The highest BCUT2D eigenvalue weighted by Gasteiger charge is 2.11. The van der Waals surface area contributed by atoms with E-state index >= 15 is 0 Å². The smallest absolute Gasteiger partial charge is 0.253 e. The molecule has 0 aromatic heterocycles. The first kappa shape index (κ1) is 16.7. The van der Waals surface area contributed by atoms with E-state index in [9.17, 15) is 9.59 Å². The minimum atomic E-state index is -0.418. The molecule has 5 heteroatoms. The lowest BCUT2D eigenvalue weighted by Gasteiger charge is -2.07. The summed E-state index contributed by atoms with van der Waals surface area (Å²) in [5.41, 5.74) is 6.56. The summed E-state index contributed by atoms with van der Waals surface area (Å²) < 4.78 is 0. The molecule has 4 nitrogen and oxygen atoms in total. The summed E-state index contributed by atoms with van der Waals surface area (Å²) in [7, 11) is 0. The first-order chi connectivity index (χ1) is 11.2. The molecule has 0 fully saturated rings. The standard InChI is InChI=1S/C18H16N2O2S/c19-17(21)13-23-16-11-5-4-10-15(16)18(22)20-12-6-9-14-7-2-1-3-8-14/h1-5,7-8,10-11H,12-13H2,(H2,19,21)(H,20,22). The lowest BCUT2D eigenvalue weighted by atomic mass is 10.2. The fourth-order valence-corrected chi connectivity index (χ4v) is 2.61. The average Bonchev–Trinajstić information content (AvgIpc) is 2.58. The van der Waals surface area contributed by atoms with Gasteiger partial charge in [-0.25, -0.2) is 0 Å². The second-order valence-corrected chi connectivity index (χ2v) is 5.62. The maximum absolute atomic E-state index is 12.2. The fourth-order valence-electron chi connectivity index (χ4n) is 1.82. The van der Waals surface area contributed by atoms with Gasteiger partial charge in [0.2, 0.25) is 5.91 Å². The summed E-state index contributed by atoms with van der Waals surface area (Å²) >= 11 is 1.25. The molecule has 0 aliphatic carbocycles. The molecule has 23 heavy (non-hydrogen) atoms. The highest BCUT2D eigenvalue weighted by atomic mass is 32.2. The molecule has 0 radical (unpaired) electrons. The molecule has 2 aromatic rings. The molecule has 0 heterocycles. The van der Waals surface area contributed by atoms with Crippen LogP contribution in [0, 0.1) is 11.8 Å². The van der Waals surface area contributed by atoms with Gasteiger partial charge in [0.05, 0.1) is 17.9 Å². The van der Waals surface area contributed by atoms with Crippen molar-refractivity contribution in [2.45, 2.75) is 4.90 Å². The molecule has 0 aliphatic heterocycles. The van der Waals surface area contributed by atoms with Crippen molar-refractivity contribution < 1.29 is 9.59 Å². The SMILES string of the molecule is NC(=O)CSc1ccccc1C(=O)NCC#Cc1ccccc1. The maximum atomic E-state index is 12.2. The van der Waals surface area contributed by atoms with Crippen LogP contribution in [0.25, 0.3) is 0 Å². The summed E-state index contributed by atoms with van der Waals surface area (Å²) in [4.78, 5) is 23.8. The summed E-state index contributed by atoms with van der Waals surface area (Å²) in [5.74, 6) is 5.38. The zero-order valence-electron chi connectivity index (χ0n) is 12.4. The number of carbonyl (C=O) groups excluding carboxylic acids is 2. The van der Waals surface area contributed by atoms with Crippen molar-refractivity contribution >= 4 is 23.6 Å². The molecule has 0 unspecified atom stereocenters. The molecule has 2 rings (SSSR count). The normalized spacial score (nSPS) is 9.57. The van der Waals surface area contributed by atoms with Crippen LogP contribution in [0.5, 0.6) is 0 Å². The number of amides is 2. The van der Waals surface area contributed by atoms with Crippen LogP contribution in [0.4, 0.5) is 0 Å². The third-order valence-corrected chi connectivity index (χ3v) is 3.94. The predicted octanol–water partition coefficient (Wildman–Crippen LogP) is 2.05. The molecule has 0 aliphatic rings. The van der Waals surface area contributed by atoms with Gasteiger partial charge in [0.25, 0.3) is 5.91 Å². The third-order valence-electron chi connectivity index (χ3n) is 2.85. The number of primary amides is 1. The molecular formula is C18H16N2O2S. The molecule has 0 saturated heterocycles. The number of thioether (sulfide) groups is 1. The van der Waals surface area contributed by atoms with Crippen LogP contribution >= 0.6 is 11.8 Å².